The number of thioether (sulfide) groups is 1. The number of carbonyl (C=O) groups is 1. The number of rotatable bonds is 3. The summed E-state index contributed by atoms with van der Waals surface area (Å²) in [6.07, 6.45) is 4.60. The lowest BCUT2D eigenvalue weighted by Gasteiger charge is -2.20. The van der Waals surface area contributed by atoms with Gasteiger partial charge in [-0.25, -0.2) is 4.98 Å². The molecule has 0 spiro atoms. The lowest BCUT2D eigenvalue weighted by atomic mass is 10.1. The Hall–Kier alpha value is -2.06. The Morgan fingerprint density at radius 1 is 1.25 bits per heavy atom. The molecule has 0 bridgehead atoms. The number of benzene rings is 1. The number of aryl methyl sites for hydroxylation is 1. The van der Waals surface area contributed by atoms with Crippen LogP contribution in [-0.2, 0) is 4.79 Å². The maximum absolute atomic E-state index is 12.4. The van der Waals surface area contributed by atoms with Crippen molar-refractivity contribution in [3.05, 3.63) is 35.4 Å². The Bertz CT molecular complexity index is 789. The van der Waals surface area contributed by atoms with Crippen LogP contribution >= 0.6 is 11.8 Å². The van der Waals surface area contributed by atoms with Gasteiger partial charge in [0.05, 0.1) is 16.8 Å². The van der Waals surface area contributed by atoms with E-state index in [-0.39, 0.29) is 5.91 Å². The highest BCUT2D eigenvalue weighted by molar-refractivity contribution is 8.00. The van der Waals surface area contributed by atoms with Gasteiger partial charge in [0.15, 0.2) is 0 Å². The number of pyridine rings is 1. The van der Waals surface area contributed by atoms with Crippen molar-refractivity contribution in [1.82, 2.24) is 9.88 Å². The van der Waals surface area contributed by atoms with E-state index in [2.05, 4.69) is 11.1 Å². The molecule has 0 atom stereocenters. The molecule has 0 N–H and O–H groups in total. The first-order valence-electron chi connectivity index (χ1n) is 8.39. The summed E-state index contributed by atoms with van der Waals surface area (Å²) in [5.74, 6) is 0.496. The van der Waals surface area contributed by atoms with Gasteiger partial charge >= 0.3 is 0 Å². The van der Waals surface area contributed by atoms with Crippen molar-refractivity contribution in [2.45, 2.75) is 37.6 Å². The summed E-state index contributed by atoms with van der Waals surface area (Å²) >= 11 is 1.38. The molecule has 3 rings (SSSR count). The van der Waals surface area contributed by atoms with Crippen molar-refractivity contribution >= 4 is 28.6 Å². The first kappa shape index (κ1) is 16.8. The van der Waals surface area contributed by atoms with E-state index in [1.165, 1.54) is 24.6 Å². The topological polar surface area (TPSA) is 57.0 Å². The second kappa shape index (κ2) is 7.67. The first-order chi connectivity index (χ1) is 11.7. The fourth-order valence-electron chi connectivity index (χ4n) is 2.99. The summed E-state index contributed by atoms with van der Waals surface area (Å²) in [4.78, 5) is 19.0. The molecular formula is C19H21N3OS. The van der Waals surface area contributed by atoms with Crippen LogP contribution in [0.3, 0.4) is 0 Å². The van der Waals surface area contributed by atoms with E-state index < -0.39 is 0 Å². The summed E-state index contributed by atoms with van der Waals surface area (Å²) in [6.45, 7) is 3.73. The van der Waals surface area contributed by atoms with Crippen LogP contribution in [0.15, 0.2) is 29.3 Å². The molecule has 0 aliphatic carbocycles. The van der Waals surface area contributed by atoms with E-state index in [4.69, 9.17) is 0 Å². The number of likely N-dealkylation sites (tertiary alicyclic amines) is 1. The van der Waals surface area contributed by atoms with Crippen molar-refractivity contribution < 1.29 is 4.79 Å². The highest BCUT2D eigenvalue weighted by Gasteiger charge is 2.17. The zero-order chi connectivity index (χ0) is 16.9. The molecule has 1 aromatic heterocycles. The average Bonchev–Trinajstić information content (AvgIpc) is 2.88. The third kappa shape index (κ3) is 3.88. The van der Waals surface area contributed by atoms with Gasteiger partial charge in [-0.15, -0.1) is 0 Å². The minimum atomic E-state index is 0.150. The van der Waals surface area contributed by atoms with Crippen LogP contribution in [0.4, 0.5) is 0 Å². The largest absolute Gasteiger partial charge is 0.342 e. The molecule has 4 nitrogen and oxygen atoms in total. The fourth-order valence-corrected chi connectivity index (χ4v) is 3.86. The SMILES string of the molecule is Cc1ccc2cc(C#N)c(SCC(=O)N3CCCCCC3)nc2c1. The summed E-state index contributed by atoms with van der Waals surface area (Å²) in [5, 5.41) is 11.0. The molecule has 1 amide bonds. The second-order valence-corrected chi connectivity index (χ2v) is 7.20. The maximum atomic E-state index is 12.4. The van der Waals surface area contributed by atoms with E-state index in [1.807, 2.05) is 36.1 Å². The molecule has 5 heteroatoms. The van der Waals surface area contributed by atoms with E-state index in [1.54, 1.807) is 0 Å². The summed E-state index contributed by atoms with van der Waals surface area (Å²) < 4.78 is 0. The standard InChI is InChI=1S/C19H21N3OS/c1-14-6-7-15-11-16(12-20)19(21-17(15)10-14)24-13-18(23)22-8-4-2-3-5-9-22/h6-7,10-11H,2-5,8-9,13H2,1H3. The van der Waals surface area contributed by atoms with Gasteiger partial charge in [-0.1, -0.05) is 36.7 Å². The molecule has 1 saturated heterocycles. The van der Waals surface area contributed by atoms with Crippen molar-refractivity contribution in [1.29, 1.82) is 5.26 Å². The number of carbonyl (C=O) groups excluding carboxylic acids is 1. The zero-order valence-electron chi connectivity index (χ0n) is 13.9. The Morgan fingerprint density at radius 3 is 2.71 bits per heavy atom. The number of nitriles is 1. The lowest BCUT2D eigenvalue weighted by Crippen LogP contribution is -2.33. The van der Waals surface area contributed by atoms with Crippen molar-refractivity contribution in [2.75, 3.05) is 18.8 Å². The molecule has 1 aliphatic rings. The minimum Gasteiger partial charge on any atom is -0.342 e. The minimum absolute atomic E-state index is 0.150. The smallest absolute Gasteiger partial charge is 0.232 e. The van der Waals surface area contributed by atoms with Crippen molar-refractivity contribution in [3.63, 3.8) is 0 Å². The van der Waals surface area contributed by atoms with Crippen molar-refractivity contribution in [2.24, 2.45) is 0 Å². The fraction of sp³-hybridized carbons (Fsp3) is 0.421. The molecule has 1 aromatic carbocycles. The highest BCUT2D eigenvalue weighted by atomic mass is 32.2. The van der Waals surface area contributed by atoms with Crippen molar-refractivity contribution in [3.8, 4) is 6.07 Å². The van der Waals surface area contributed by atoms with Gasteiger partial charge in [-0.3, -0.25) is 4.79 Å². The van der Waals surface area contributed by atoms with Crippen LogP contribution in [0.1, 0.15) is 36.8 Å². The third-order valence-electron chi connectivity index (χ3n) is 4.35. The number of amides is 1. The monoisotopic (exact) mass is 339 g/mol. The predicted octanol–water partition coefficient (Wildman–Crippen LogP) is 3.91. The predicted molar refractivity (Wildman–Crippen MR) is 97.0 cm³/mol. The van der Waals surface area contributed by atoms with E-state index in [0.717, 1.165) is 42.4 Å². The molecule has 24 heavy (non-hydrogen) atoms. The Kier molecular flexibility index (Phi) is 5.37. The maximum Gasteiger partial charge on any atom is 0.232 e. The van der Waals surface area contributed by atoms with Gasteiger partial charge in [0.1, 0.15) is 11.1 Å². The van der Waals surface area contributed by atoms with Crippen LogP contribution in [-0.4, -0.2) is 34.6 Å². The second-order valence-electron chi connectivity index (χ2n) is 6.23. The van der Waals surface area contributed by atoms with Crippen LogP contribution in [0.2, 0.25) is 0 Å². The molecule has 124 valence electrons. The van der Waals surface area contributed by atoms with Gasteiger partial charge in [0, 0.05) is 18.5 Å². The Labute approximate surface area is 146 Å². The van der Waals surface area contributed by atoms with E-state index in [9.17, 15) is 10.1 Å². The quantitative estimate of drug-likeness (QED) is 0.796. The van der Waals surface area contributed by atoms with Crippen LogP contribution in [0, 0.1) is 18.3 Å². The number of fused-ring (bicyclic) bond motifs is 1. The average molecular weight is 339 g/mol. The highest BCUT2D eigenvalue weighted by Crippen LogP contribution is 2.25. The van der Waals surface area contributed by atoms with Crippen LogP contribution in [0.25, 0.3) is 10.9 Å². The van der Waals surface area contributed by atoms with Gasteiger partial charge < -0.3 is 4.90 Å². The third-order valence-corrected chi connectivity index (χ3v) is 5.33. The van der Waals surface area contributed by atoms with Gasteiger partial charge in [0.25, 0.3) is 0 Å². The number of hydrogen-bond donors (Lipinski definition) is 0. The molecule has 2 heterocycles. The van der Waals surface area contributed by atoms with Crippen LogP contribution < -0.4 is 0 Å². The molecule has 2 aromatic rings. The first-order valence-corrected chi connectivity index (χ1v) is 9.38. The van der Waals surface area contributed by atoms with Gasteiger partial charge in [0.2, 0.25) is 5.91 Å². The lowest BCUT2D eigenvalue weighted by molar-refractivity contribution is -0.128. The molecule has 0 unspecified atom stereocenters. The summed E-state index contributed by atoms with van der Waals surface area (Å²) in [5.41, 5.74) is 2.55. The normalized spacial score (nSPS) is 15.1. The molecule has 1 fully saturated rings. The Morgan fingerprint density at radius 2 is 2.00 bits per heavy atom. The molecular weight excluding hydrogens is 318 g/mol. The molecule has 0 saturated carbocycles. The van der Waals surface area contributed by atoms with E-state index in [0.29, 0.717) is 16.3 Å². The number of hydrogen-bond acceptors (Lipinski definition) is 4. The van der Waals surface area contributed by atoms with E-state index >= 15 is 0 Å². The Balaban J connectivity index is 1.76. The van der Waals surface area contributed by atoms with Gasteiger partial charge in [-0.2, -0.15) is 5.26 Å². The zero-order valence-corrected chi connectivity index (χ0v) is 14.7. The van der Waals surface area contributed by atoms with Crippen LogP contribution in [0.5, 0.6) is 0 Å². The summed E-state index contributed by atoms with van der Waals surface area (Å²) in [6, 6.07) is 10.1. The number of aromatic nitrogens is 1. The summed E-state index contributed by atoms with van der Waals surface area (Å²) in [7, 11) is 0. The molecule has 1 aliphatic heterocycles. The number of nitrogens with zero attached hydrogens (tertiary/aromatic N) is 3. The van der Waals surface area contributed by atoms with Gasteiger partial charge in [-0.05, 0) is 37.5 Å². The molecule has 0 radical (unpaired) electrons.